The van der Waals surface area contributed by atoms with E-state index >= 15 is 0 Å². The molecule has 0 unspecified atom stereocenters. The van der Waals surface area contributed by atoms with Crippen molar-refractivity contribution in [1.29, 1.82) is 0 Å². The molecule has 5 nitrogen and oxygen atoms in total. The smallest absolute Gasteiger partial charge is 0.241 e. The fourth-order valence-corrected chi connectivity index (χ4v) is 4.42. The van der Waals surface area contributed by atoms with Crippen LogP contribution in [0.3, 0.4) is 0 Å². The molecule has 1 saturated carbocycles. The van der Waals surface area contributed by atoms with Crippen LogP contribution >= 0.6 is 0 Å². The standard InChI is InChI=1S/C19H25N3O2/c1-12-21-16-8-7-14(11-17(16)24-12)22-19(23)18-15(9-10-20-18)13-5-3-2-4-6-13/h7-8,11,13,15,18,20H,2-6,9-10H2,1H3,(H,22,23)/t15-,18-/m0/s1. The number of amides is 1. The van der Waals surface area contributed by atoms with Crippen LogP contribution in [0.25, 0.3) is 11.1 Å². The van der Waals surface area contributed by atoms with Crippen molar-refractivity contribution in [2.45, 2.75) is 51.5 Å². The molecule has 1 aromatic heterocycles. The Morgan fingerprint density at radius 2 is 2.08 bits per heavy atom. The van der Waals surface area contributed by atoms with E-state index in [1.165, 1.54) is 32.1 Å². The van der Waals surface area contributed by atoms with Crippen molar-refractivity contribution in [2.24, 2.45) is 11.8 Å². The molecule has 2 aromatic rings. The number of nitrogens with one attached hydrogen (secondary N) is 2. The van der Waals surface area contributed by atoms with E-state index in [1.54, 1.807) is 0 Å². The van der Waals surface area contributed by atoms with Crippen LogP contribution in [-0.4, -0.2) is 23.5 Å². The predicted molar refractivity (Wildman–Crippen MR) is 93.8 cm³/mol. The number of carbonyl (C=O) groups excluding carboxylic acids is 1. The fraction of sp³-hybridized carbons (Fsp3) is 0.579. The van der Waals surface area contributed by atoms with Crippen molar-refractivity contribution >= 4 is 22.7 Å². The lowest BCUT2D eigenvalue weighted by Gasteiger charge is -2.30. The molecule has 1 saturated heterocycles. The van der Waals surface area contributed by atoms with Gasteiger partial charge in [-0.3, -0.25) is 4.79 Å². The molecule has 2 aliphatic rings. The molecule has 1 aromatic carbocycles. The van der Waals surface area contributed by atoms with Crippen LogP contribution < -0.4 is 10.6 Å². The topological polar surface area (TPSA) is 67.2 Å². The lowest BCUT2D eigenvalue weighted by Crippen LogP contribution is -2.42. The minimum atomic E-state index is -0.0692. The summed E-state index contributed by atoms with van der Waals surface area (Å²) in [5, 5.41) is 6.48. The molecular weight excluding hydrogens is 302 g/mol. The zero-order valence-corrected chi connectivity index (χ0v) is 14.2. The van der Waals surface area contributed by atoms with Crippen molar-refractivity contribution in [3.8, 4) is 0 Å². The third-order valence-corrected chi connectivity index (χ3v) is 5.57. The summed E-state index contributed by atoms with van der Waals surface area (Å²) in [7, 11) is 0. The van der Waals surface area contributed by atoms with Crippen molar-refractivity contribution < 1.29 is 9.21 Å². The number of anilines is 1. The van der Waals surface area contributed by atoms with Gasteiger partial charge in [0.2, 0.25) is 5.91 Å². The molecule has 4 rings (SSSR count). The van der Waals surface area contributed by atoms with Gasteiger partial charge in [0.05, 0.1) is 6.04 Å². The van der Waals surface area contributed by atoms with Gasteiger partial charge in [0.15, 0.2) is 11.5 Å². The third-order valence-electron chi connectivity index (χ3n) is 5.57. The summed E-state index contributed by atoms with van der Waals surface area (Å²) < 4.78 is 5.55. The van der Waals surface area contributed by atoms with Crippen LogP contribution in [0.5, 0.6) is 0 Å². The highest BCUT2D eigenvalue weighted by atomic mass is 16.3. The number of fused-ring (bicyclic) bond motifs is 1. The van der Waals surface area contributed by atoms with Crippen LogP contribution in [0.2, 0.25) is 0 Å². The van der Waals surface area contributed by atoms with E-state index in [0.717, 1.165) is 24.2 Å². The SMILES string of the molecule is Cc1nc2ccc(NC(=O)[C@H]3NCC[C@H]3C3CCCCC3)cc2o1. The lowest BCUT2D eigenvalue weighted by molar-refractivity contribution is -0.119. The first-order valence-corrected chi connectivity index (χ1v) is 9.12. The molecule has 1 aliphatic carbocycles. The second kappa shape index (κ2) is 6.55. The first-order chi connectivity index (χ1) is 11.7. The molecule has 5 heteroatoms. The largest absolute Gasteiger partial charge is 0.441 e. The van der Waals surface area contributed by atoms with E-state index in [1.807, 2.05) is 25.1 Å². The van der Waals surface area contributed by atoms with Crippen molar-refractivity contribution in [3.63, 3.8) is 0 Å². The molecule has 2 fully saturated rings. The number of rotatable bonds is 3. The van der Waals surface area contributed by atoms with Gasteiger partial charge >= 0.3 is 0 Å². The summed E-state index contributed by atoms with van der Waals surface area (Å²) in [6, 6.07) is 5.58. The minimum absolute atomic E-state index is 0.0692. The molecule has 2 atom stereocenters. The van der Waals surface area contributed by atoms with Gasteiger partial charge in [-0.2, -0.15) is 0 Å². The Hall–Kier alpha value is -1.88. The molecule has 1 aliphatic heterocycles. The van der Waals surface area contributed by atoms with Gasteiger partial charge in [0.25, 0.3) is 0 Å². The lowest BCUT2D eigenvalue weighted by atomic mass is 9.76. The van der Waals surface area contributed by atoms with Crippen LogP contribution in [0.4, 0.5) is 5.69 Å². The van der Waals surface area contributed by atoms with Gasteiger partial charge in [-0.15, -0.1) is 0 Å². The van der Waals surface area contributed by atoms with E-state index in [-0.39, 0.29) is 11.9 Å². The average molecular weight is 327 g/mol. The summed E-state index contributed by atoms with van der Waals surface area (Å²) in [6.07, 6.45) is 7.65. The quantitative estimate of drug-likeness (QED) is 0.903. The second-order valence-electron chi connectivity index (χ2n) is 7.19. The number of oxazole rings is 1. The Labute approximate surface area is 142 Å². The predicted octanol–water partition coefficient (Wildman–Crippen LogP) is 3.63. The number of carbonyl (C=O) groups is 1. The summed E-state index contributed by atoms with van der Waals surface area (Å²) in [6.45, 7) is 2.77. The van der Waals surface area contributed by atoms with E-state index in [0.29, 0.717) is 23.3 Å². The Morgan fingerprint density at radius 3 is 2.92 bits per heavy atom. The van der Waals surface area contributed by atoms with Gasteiger partial charge in [0.1, 0.15) is 5.52 Å². The Morgan fingerprint density at radius 1 is 1.25 bits per heavy atom. The number of hydrogen-bond donors (Lipinski definition) is 2. The number of aryl methyl sites for hydroxylation is 1. The number of benzene rings is 1. The normalized spacial score (nSPS) is 25.2. The van der Waals surface area contributed by atoms with Crippen molar-refractivity contribution in [2.75, 3.05) is 11.9 Å². The highest BCUT2D eigenvalue weighted by Crippen LogP contribution is 2.36. The van der Waals surface area contributed by atoms with Crippen molar-refractivity contribution in [3.05, 3.63) is 24.1 Å². The molecule has 24 heavy (non-hydrogen) atoms. The summed E-state index contributed by atoms with van der Waals surface area (Å²) in [4.78, 5) is 17.1. The van der Waals surface area contributed by atoms with E-state index in [2.05, 4.69) is 15.6 Å². The Balaban J connectivity index is 1.47. The monoisotopic (exact) mass is 327 g/mol. The van der Waals surface area contributed by atoms with Gasteiger partial charge in [-0.1, -0.05) is 32.1 Å². The Kier molecular flexibility index (Phi) is 4.27. The first kappa shape index (κ1) is 15.6. The van der Waals surface area contributed by atoms with Crippen LogP contribution in [0.1, 0.15) is 44.4 Å². The summed E-state index contributed by atoms with van der Waals surface area (Å²) in [5.41, 5.74) is 2.32. The highest BCUT2D eigenvalue weighted by molar-refractivity contribution is 5.96. The van der Waals surface area contributed by atoms with Gasteiger partial charge in [0, 0.05) is 18.7 Å². The van der Waals surface area contributed by atoms with Gasteiger partial charge in [-0.25, -0.2) is 4.98 Å². The maximum atomic E-state index is 12.8. The minimum Gasteiger partial charge on any atom is -0.441 e. The highest BCUT2D eigenvalue weighted by Gasteiger charge is 2.38. The molecule has 1 amide bonds. The molecule has 0 spiro atoms. The maximum absolute atomic E-state index is 12.8. The molecule has 0 bridgehead atoms. The van der Waals surface area contributed by atoms with E-state index < -0.39 is 0 Å². The second-order valence-corrected chi connectivity index (χ2v) is 7.19. The summed E-state index contributed by atoms with van der Waals surface area (Å²) >= 11 is 0. The number of aromatic nitrogens is 1. The van der Waals surface area contributed by atoms with Crippen LogP contribution in [0.15, 0.2) is 22.6 Å². The molecule has 128 valence electrons. The molecule has 2 N–H and O–H groups in total. The average Bonchev–Trinajstić information content (AvgIpc) is 3.21. The maximum Gasteiger partial charge on any atom is 0.241 e. The van der Waals surface area contributed by atoms with Gasteiger partial charge in [-0.05, 0) is 36.9 Å². The Bertz CT molecular complexity index is 733. The van der Waals surface area contributed by atoms with Crippen molar-refractivity contribution in [1.82, 2.24) is 10.3 Å². The molecule has 2 heterocycles. The fourth-order valence-electron chi connectivity index (χ4n) is 4.42. The van der Waals surface area contributed by atoms with Gasteiger partial charge < -0.3 is 15.1 Å². The van der Waals surface area contributed by atoms with E-state index in [9.17, 15) is 4.79 Å². The molecular formula is C19H25N3O2. The van der Waals surface area contributed by atoms with Crippen LogP contribution in [0, 0.1) is 18.8 Å². The zero-order chi connectivity index (χ0) is 16.5. The number of nitrogens with zero attached hydrogens (tertiary/aromatic N) is 1. The summed E-state index contributed by atoms with van der Waals surface area (Å²) in [5.74, 6) is 1.90. The number of hydrogen-bond acceptors (Lipinski definition) is 4. The molecule has 0 radical (unpaired) electrons. The first-order valence-electron chi connectivity index (χ1n) is 9.12. The van der Waals surface area contributed by atoms with E-state index in [4.69, 9.17) is 4.42 Å². The van der Waals surface area contributed by atoms with Crippen LogP contribution in [-0.2, 0) is 4.79 Å². The zero-order valence-electron chi connectivity index (χ0n) is 14.2. The third kappa shape index (κ3) is 3.05.